The molecular weight excluding hydrogens is 479 g/mol. The summed E-state index contributed by atoms with van der Waals surface area (Å²) in [6.45, 7) is 0.759. The number of nitrogens with two attached hydrogens (primary N) is 1. The van der Waals surface area contributed by atoms with Crippen molar-refractivity contribution < 1.29 is 9.47 Å². The van der Waals surface area contributed by atoms with Gasteiger partial charge in [0.25, 0.3) is 0 Å². The van der Waals surface area contributed by atoms with Crippen molar-refractivity contribution in [3.63, 3.8) is 0 Å². The normalized spacial score (nSPS) is 16.1. The lowest BCUT2D eigenvalue weighted by molar-refractivity contribution is 0.204. The molecule has 5 rings (SSSR count). The number of nitrogens with one attached hydrogen (secondary N) is 1. The number of methoxy groups -OCH3 is 1. The third-order valence-corrected chi connectivity index (χ3v) is 6.22. The molecule has 2 atom stereocenters. The van der Waals surface area contributed by atoms with Crippen LogP contribution in [0.15, 0.2) is 36.9 Å². The van der Waals surface area contributed by atoms with Crippen LogP contribution in [0.4, 0.5) is 5.95 Å². The van der Waals surface area contributed by atoms with E-state index in [0.717, 1.165) is 23.9 Å². The first-order chi connectivity index (χ1) is 16.5. The van der Waals surface area contributed by atoms with Crippen LogP contribution in [0, 0.1) is 11.3 Å². The van der Waals surface area contributed by atoms with E-state index in [0.29, 0.717) is 44.3 Å². The fourth-order valence-corrected chi connectivity index (χ4v) is 4.32. The van der Waals surface area contributed by atoms with Crippen molar-refractivity contribution >= 4 is 40.1 Å². The molecule has 1 aliphatic rings. The van der Waals surface area contributed by atoms with E-state index < -0.39 is 6.23 Å². The van der Waals surface area contributed by atoms with Crippen LogP contribution in [0.1, 0.15) is 18.2 Å². The smallest absolute Gasteiger partial charge is 0.226 e. The minimum atomic E-state index is -0.961. The van der Waals surface area contributed by atoms with Gasteiger partial charge in [0.1, 0.15) is 11.7 Å². The summed E-state index contributed by atoms with van der Waals surface area (Å²) in [6, 6.07) is 5.58. The van der Waals surface area contributed by atoms with Crippen LogP contribution in [-0.4, -0.2) is 44.8 Å². The molecule has 172 valence electrons. The predicted octanol–water partition coefficient (Wildman–Crippen LogP) is 3.87. The Kier molecular flexibility index (Phi) is 5.83. The number of hydrogen-bond acceptors (Lipinski definition) is 9. The highest BCUT2D eigenvalue weighted by Crippen LogP contribution is 2.39. The standard InChI is InChI=1S/C22H18Cl2N8O2/c1-33-17-5-16-13(4-18(17)34-21(26)19-14(23)9-27-10-15(19)24)20(31-30-16)11-7-28-22(29-8-11)32-3-2-12(32)6-25/h4-5,7-10,12,21H,2-3,26H2,1H3,(H,30,31)/t12?,21-/m0/s1. The summed E-state index contributed by atoms with van der Waals surface area (Å²) in [5.41, 5.74) is 8.73. The number of hydrogen-bond donors (Lipinski definition) is 2. The first-order valence-corrected chi connectivity index (χ1v) is 11.0. The van der Waals surface area contributed by atoms with Gasteiger partial charge in [-0.15, -0.1) is 0 Å². The Morgan fingerprint density at radius 1 is 1.18 bits per heavy atom. The average Bonchev–Trinajstić information content (AvgIpc) is 3.21. The number of aromatic nitrogens is 5. The van der Waals surface area contributed by atoms with Crippen LogP contribution in [-0.2, 0) is 0 Å². The Morgan fingerprint density at radius 2 is 1.91 bits per heavy atom. The maximum absolute atomic E-state index is 9.17. The molecule has 0 saturated carbocycles. The van der Waals surface area contributed by atoms with E-state index in [1.54, 1.807) is 24.5 Å². The number of anilines is 1. The quantitative estimate of drug-likeness (QED) is 0.380. The number of halogens is 2. The Labute approximate surface area is 204 Å². The molecule has 3 N–H and O–H groups in total. The average molecular weight is 497 g/mol. The van der Waals surface area contributed by atoms with Gasteiger partial charge in [0.2, 0.25) is 5.95 Å². The molecule has 1 aliphatic heterocycles. The van der Waals surface area contributed by atoms with Crippen LogP contribution in [0.3, 0.4) is 0 Å². The molecule has 10 nitrogen and oxygen atoms in total. The molecule has 3 aromatic heterocycles. The summed E-state index contributed by atoms with van der Waals surface area (Å²) >= 11 is 12.5. The van der Waals surface area contributed by atoms with E-state index in [-0.39, 0.29) is 6.04 Å². The molecule has 1 saturated heterocycles. The summed E-state index contributed by atoms with van der Waals surface area (Å²) in [6.07, 6.45) is 6.10. The van der Waals surface area contributed by atoms with E-state index in [9.17, 15) is 0 Å². The Morgan fingerprint density at radius 3 is 2.53 bits per heavy atom. The molecule has 0 bridgehead atoms. The SMILES string of the molecule is COc1cc2[nH]nc(-c3cnc(N4CCC4C#N)nc3)c2cc1O[C@H](N)c1c(Cl)cncc1Cl. The van der Waals surface area contributed by atoms with Crippen molar-refractivity contribution in [2.24, 2.45) is 5.73 Å². The number of nitrogens with zero attached hydrogens (tertiary/aromatic N) is 6. The lowest BCUT2D eigenvalue weighted by Gasteiger charge is -2.36. The van der Waals surface area contributed by atoms with Crippen molar-refractivity contribution in [3.05, 3.63) is 52.5 Å². The first kappa shape index (κ1) is 22.2. The highest BCUT2D eigenvalue weighted by atomic mass is 35.5. The van der Waals surface area contributed by atoms with Crippen LogP contribution in [0.2, 0.25) is 10.0 Å². The number of pyridine rings is 1. The molecule has 0 radical (unpaired) electrons. The zero-order valence-corrected chi connectivity index (χ0v) is 19.4. The maximum atomic E-state index is 9.17. The van der Waals surface area contributed by atoms with Gasteiger partial charge < -0.3 is 14.4 Å². The van der Waals surface area contributed by atoms with Crippen molar-refractivity contribution in [1.29, 1.82) is 5.26 Å². The second-order valence-electron chi connectivity index (χ2n) is 7.57. The maximum Gasteiger partial charge on any atom is 0.226 e. The van der Waals surface area contributed by atoms with E-state index in [1.165, 1.54) is 19.5 Å². The second-order valence-corrected chi connectivity index (χ2v) is 8.39. The van der Waals surface area contributed by atoms with Crippen LogP contribution >= 0.6 is 23.2 Å². The van der Waals surface area contributed by atoms with Gasteiger partial charge in [-0.2, -0.15) is 10.4 Å². The minimum absolute atomic E-state index is 0.184. The molecule has 4 aromatic rings. The molecule has 0 amide bonds. The highest BCUT2D eigenvalue weighted by molar-refractivity contribution is 6.35. The predicted molar refractivity (Wildman–Crippen MR) is 127 cm³/mol. The summed E-state index contributed by atoms with van der Waals surface area (Å²) in [5, 5.41) is 17.9. The fourth-order valence-electron chi connectivity index (χ4n) is 3.74. The largest absolute Gasteiger partial charge is 0.493 e. The Hall–Kier alpha value is -3.65. The van der Waals surface area contributed by atoms with Crippen molar-refractivity contribution in [1.82, 2.24) is 25.1 Å². The number of nitriles is 1. The molecule has 1 unspecified atom stereocenters. The zero-order chi connectivity index (χ0) is 23.8. The third kappa shape index (κ3) is 3.84. The van der Waals surface area contributed by atoms with Gasteiger partial charge in [-0.3, -0.25) is 15.8 Å². The topological polar surface area (TPSA) is 139 Å². The number of H-pyrrole nitrogens is 1. The number of ether oxygens (including phenoxy) is 2. The van der Waals surface area contributed by atoms with Crippen molar-refractivity contribution in [3.8, 4) is 28.8 Å². The van der Waals surface area contributed by atoms with E-state index in [1.807, 2.05) is 4.90 Å². The zero-order valence-electron chi connectivity index (χ0n) is 17.9. The number of fused-ring (bicyclic) bond motifs is 1. The van der Waals surface area contributed by atoms with Crippen molar-refractivity contribution in [2.45, 2.75) is 18.7 Å². The molecule has 4 heterocycles. The Balaban J connectivity index is 1.48. The van der Waals surface area contributed by atoms with Gasteiger partial charge in [-0.1, -0.05) is 23.2 Å². The van der Waals surface area contributed by atoms with Gasteiger partial charge in [0.15, 0.2) is 17.7 Å². The first-order valence-electron chi connectivity index (χ1n) is 10.3. The summed E-state index contributed by atoms with van der Waals surface area (Å²) in [5.74, 6) is 1.35. The molecule has 34 heavy (non-hydrogen) atoms. The number of rotatable bonds is 6. The molecule has 0 spiro atoms. The van der Waals surface area contributed by atoms with Gasteiger partial charge >= 0.3 is 0 Å². The molecule has 1 aromatic carbocycles. The minimum Gasteiger partial charge on any atom is -0.493 e. The number of benzene rings is 1. The molecule has 12 heteroatoms. The van der Waals surface area contributed by atoms with Gasteiger partial charge in [-0.05, 0) is 12.5 Å². The van der Waals surface area contributed by atoms with Gasteiger partial charge in [0.05, 0.1) is 28.7 Å². The summed E-state index contributed by atoms with van der Waals surface area (Å²) < 4.78 is 11.5. The Bertz CT molecular complexity index is 1380. The highest BCUT2D eigenvalue weighted by Gasteiger charge is 2.30. The lowest BCUT2D eigenvalue weighted by Crippen LogP contribution is -2.47. The van der Waals surface area contributed by atoms with E-state index >= 15 is 0 Å². The molecule has 0 aliphatic carbocycles. The van der Waals surface area contributed by atoms with Gasteiger partial charge in [0, 0.05) is 53.9 Å². The van der Waals surface area contributed by atoms with Crippen LogP contribution in [0.5, 0.6) is 11.5 Å². The van der Waals surface area contributed by atoms with E-state index in [4.69, 9.17) is 43.7 Å². The van der Waals surface area contributed by atoms with Gasteiger partial charge in [-0.25, -0.2) is 9.97 Å². The summed E-state index contributed by atoms with van der Waals surface area (Å²) in [4.78, 5) is 14.6. The van der Waals surface area contributed by atoms with Crippen LogP contribution in [0.25, 0.3) is 22.2 Å². The summed E-state index contributed by atoms with van der Waals surface area (Å²) in [7, 11) is 1.53. The van der Waals surface area contributed by atoms with Crippen LogP contribution < -0.4 is 20.1 Å². The second kappa shape index (κ2) is 8.95. The number of aromatic amines is 1. The fraction of sp³-hybridized carbons (Fsp3) is 0.227. The third-order valence-electron chi connectivity index (χ3n) is 5.61. The molecule has 1 fully saturated rings. The molecular formula is C22H18Cl2N8O2. The van der Waals surface area contributed by atoms with E-state index in [2.05, 4.69) is 31.2 Å². The monoisotopic (exact) mass is 496 g/mol. The lowest BCUT2D eigenvalue weighted by atomic mass is 10.1. The van der Waals surface area contributed by atoms with Crippen molar-refractivity contribution in [2.75, 3.05) is 18.6 Å².